The number of hydrogen-bond acceptors (Lipinski definition) is 5. The van der Waals surface area contributed by atoms with Crippen LogP contribution in [0.4, 0.5) is 0 Å². The van der Waals surface area contributed by atoms with Gasteiger partial charge >= 0.3 is 0 Å². The Kier molecular flexibility index (Phi) is 4.71. The molecule has 1 aliphatic heterocycles. The zero-order valence-corrected chi connectivity index (χ0v) is 17.1. The van der Waals surface area contributed by atoms with Crippen molar-refractivity contribution in [2.45, 2.75) is 29.1 Å². The van der Waals surface area contributed by atoms with Gasteiger partial charge in [-0.05, 0) is 30.5 Å². The number of sulfonamides is 1. The van der Waals surface area contributed by atoms with Gasteiger partial charge in [0.2, 0.25) is 9.84 Å². The lowest BCUT2D eigenvalue weighted by Crippen LogP contribution is -2.35. The summed E-state index contributed by atoms with van der Waals surface area (Å²) in [5.41, 5.74) is 0.825. The summed E-state index contributed by atoms with van der Waals surface area (Å²) in [7, 11) is -6.38. The highest BCUT2D eigenvalue weighted by molar-refractivity contribution is 7.97. The van der Waals surface area contributed by atoms with Crippen LogP contribution in [0.3, 0.4) is 0 Å². The molecule has 0 saturated heterocycles. The highest BCUT2D eigenvalue weighted by atomic mass is 32.2. The van der Waals surface area contributed by atoms with Crippen LogP contribution >= 0.6 is 0 Å². The number of nitrogens with zero attached hydrogens (tertiary/aromatic N) is 1. The molecule has 0 spiro atoms. The van der Waals surface area contributed by atoms with Crippen molar-refractivity contribution in [2.75, 3.05) is 13.6 Å². The molecule has 2 aliphatic rings. The summed E-state index contributed by atoms with van der Waals surface area (Å²) in [6.07, 6.45) is 2.76. The van der Waals surface area contributed by atoms with Gasteiger partial charge in [0.25, 0.3) is 10.0 Å². The molecule has 1 heterocycles. The summed E-state index contributed by atoms with van der Waals surface area (Å²) in [6.45, 7) is 0.135. The first-order valence-corrected chi connectivity index (χ1v) is 12.1. The van der Waals surface area contributed by atoms with Crippen LogP contribution in [0.5, 0.6) is 0 Å². The van der Waals surface area contributed by atoms with Crippen LogP contribution in [0, 0.1) is 5.92 Å². The highest BCUT2D eigenvalue weighted by Gasteiger charge is 2.43. The number of fused-ring (bicyclic) bond motifs is 1. The molecule has 1 saturated carbocycles. The second-order valence-electron chi connectivity index (χ2n) is 7.05. The Labute approximate surface area is 165 Å². The fourth-order valence-electron chi connectivity index (χ4n) is 3.52. The smallest absolute Gasteiger partial charge is 0.264 e. The first-order valence-electron chi connectivity index (χ1n) is 9.21. The molecule has 0 bridgehead atoms. The van der Waals surface area contributed by atoms with E-state index in [2.05, 4.69) is 5.32 Å². The van der Waals surface area contributed by atoms with Crippen LogP contribution in [0.15, 0.2) is 69.4 Å². The van der Waals surface area contributed by atoms with Crippen LogP contribution in [0.25, 0.3) is 5.70 Å². The van der Waals surface area contributed by atoms with E-state index in [9.17, 15) is 16.8 Å². The molecule has 2 aromatic rings. The third-order valence-electron chi connectivity index (χ3n) is 5.16. The standard InChI is InChI=1S/C20H22N2O4S2/c1-21-19-17-9-5-6-10-18(17)27(23,24)20(19)22(14-13-15-11-12-15)28(25,26)16-7-3-2-4-8-16/h2-10,15,21H,11-14H2,1H3. The molecule has 1 aliphatic carbocycles. The van der Waals surface area contributed by atoms with Crippen molar-refractivity contribution in [3.63, 3.8) is 0 Å². The van der Waals surface area contributed by atoms with Crippen molar-refractivity contribution >= 4 is 25.6 Å². The molecule has 4 rings (SSSR count). The van der Waals surface area contributed by atoms with Crippen molar-refractivity contribution in [2.24, 2.45) is 5.92 Å². The maximum absolute atomic E-state index is 13.5. The quantitative estimate of drug-likeness (QED) is 0.748. The van der Waals surface area contributed by atoms with Gasteiger partial charge in [-0.2, -0.15) is 0 Å². The molecule has 8 heteroatoms. The number of rotatable bonds is 7. The predicted octanol–water partition coefficient (Wildman–Crippen LogP) is 2.81. The van der Waals surface area contributed by atoms with Crippen LogP contribution in [0.1, 0.15) is 24.8 Å². The molecule has 148 valence electrons. The fourth-order valence-corrected chi connectivity index (χ4v) is 7.28. The SMILES string of the molecule is CNC1=C(N(CCC2CC2)S(=O)(=O)c2ccccc2)S(=O)(=O)c2ccccc21. The summed E-state index contributed by atoms with van der Waals surface area (Å²) in [5, 5.41) is 2.75. The minimum atomic E-state index is -4.03. The van der Waals surface area contributed by atoms with Crippen molar-refractivity contribution < 1.29 is 16.8 Å². The second kappa shape index (κ2) is 6.93. The van der Waals surface area contributed by atoms with E-state index in [4.69, 9.17) is 0 Å². The van der Waals surface area contributed by atoms with Gasteiger partial charge in [-0.3, -0.25) is 4.31 Å². The second-order valence-corrected chi connectivity index (χ2v) is 10.7. The van der Waals surface area contributed by atoms with E-state index in [0.29, 0.717) is 23.6 Å². The van der Waals surface area contributed by atoms with Gasteiger partial charge in [0.05, 0.1) is 15.5 Å². The molecule has 28 heavy (non-hydrogen) atoms. The van der Waals surface area contributed by atoms with Gasteiger partial charge in [-0.25, -0.2) is 16.8 Å². The monoisotopic (exact) mass is 418 g/mol. The first kappa shape index (κ1) is 19.0. The largest absolute Gasteiger partial charge is 0.385 e. The lowest BCUT2D eigenvalue weighted by Gasteiger charge is -2.26. The molecule has 0 amide bonds. The first-order chi connectivity index (χ1) is 13.4. The molecule has 0 unspecified atom stereocenters. The van der Waals surface area contributed by atoms with Crippen molar-refractivity contribution in [1.29, 1.82) is 0 Å². The van der Waals surface area contributed by atoms with Gasteiger partial charge in [0.15, 0.2) is 5.03 Å². The lowest BCUT2D eigenvalue weighted by molar-refractivity contribution is 0.465. The highest BCUT2D eigenvalue weighted by Crippen LogP contribution is 2.42. The molecule has 2 aromatic carbocycles. The molecule has 0 aromatic heterocycles. The number of hydrogen-bond donors (Lipinski definition) is 1. The van der Waals surface area contributed by atoms with Crippen molar-refractivity contribution in [3.05, 3.63) is 65.2 Å². The predicted molar refractivity (Wildman–Crippen MR) is 107 cm³/mol. The van der Waals surface area contributed by atoms with E-state index in [0.717, 1.165) is 17.1 Å². The normalized spacial score (nSPS) is 18.0. The molecule has 0 atom stereocenters. The lowest BCUT2D eigenvalue weighted by atomic mass is 10.2. The van der Waals surface area contributed by atoms with Crippen LogP contribution in [-0.2, 0) is 19.9 Å². The minimum Gasteiger partial charge on any atom is -0.385 e. The van der Waals surface area contributed by atoms with Gasteiger partial charge in [0, 0.05) is 19.2 Å². The van der Waals surface area contributed by atoms with E-state index in [1.807, 2.05) is 0 Å². The third kappa shape index (κ3) is 3.10. The van der Waals surface area contributed by atoms with E-state index in [-0.39, 0.29) is 21.4 Å². The van der Waals surface area contributed by atoms with Gasteiger partial charge < -0.3 is 5.32 Å². The molecular weight excluding hydrogens is 396 g/mol. The Morgan fingerprint density at radius 1 is 1.04 bits per heavy atom. The topological polar surface area (TPSA) is 83.6 Å². The Bertz CT molecular complexity index is 1140. The Balaban J connectivity index is 1.89. The van der Waals surface area contributed by atoms with Gasteiger partial charge in [-0.1, -0.05) is 49.2 Å². The van der Waals surface area contributed by atoms with Crippen molar-refractivity contribution in [3.8, 4) is 0 Å². The number of benzene rings is 2. The Morgan fingerprint density at radius 2 is 1.68 bits per heavy atom. The summed E-state index contributed by atoms with van der Waals surface area (Å²) in [5.74, 6) is 0.457. The minimum absolute atomic E-state index is 0.0832. The zero-order valence-electron chi connectivity index (χ0n) is 15.5. The number of nitrogens with one attached hydrogen (secondary N) is 1. The zero-order chi connectivity index (χ0) is 19.9. The van der Waals surface area contributed by atoms with Crippen molar-refractivity contribution in [1.82, 2.24) is 9.62 Å². The average molecular weight is 419 g/mol. The summed E-state index contributed by atoms with van der Waals surface area (Å²) < 4.78 is 54.6. The van der Waals surface area contributed by atoms with Gasteiger partial charge in [-0.15, -0.1) is 0 Å². The van der Waals surface area contributed by atoms with E-state index >= 15 is 0 Å². The van der Waals surface area contributed by atoms with Crippen LogP contribution < -0.4 is 5.32 Å². The van der Waals surface area contributed by atoms with Crippen LogP contribution in [-0.4, -0.2) is 34.7 Å². The third-order valence-corrected chi connectivity index (χ3v) is 8.96. The van der Waals surface area contributed by atoms with E-state index in [1.54, 1.807) is 43.4 Å². The summed E-state index contributed by atoms with van der Waals surface area (Å²) in [4.78, 5) is 0.217. The van der Waals surface area contributed by atoms with E-state index in [1.165, 1.54) is 18.2 Å². The summed E-state index contributed by atoms with van der Waals surface area (Å²) >= 11 is 0. The molecule has 1 N–H and O–H groups in total. The molecule has 0 radical (unpaired) electrons. The Hall–Kier alpha value is -2.32. The maximum Gasteiger partial charge on any atom is 0.264 e. The van der Waals surface area contributed by atoms with Crippen LogP contribution in [0.2, 0.25) is 0 Å². The number of sulfone groups is 1. The maximum atomic E-state index is 13.5. The molecular formula is C20H22N2O4S2. The molecule has 6 nitrogen and oxygen atoms in total. The Morgan fingerprint density at radius 3 is 2.32 bits per heavy atom. The average Bonchev–Trinajstić information content (AvgIpc) is 3.49. The summed E-state index contributed by atoms with van der Waals surface area (Å²) in [6, 6.07) is 14.6. The van der Waals surface area contributed by atoms with E-state index < -0.39 is 19.9 Å². The fraction of sp³-hybridized carbons (Fsp3) is 0.300. The van der Waals surface area contributed by atoms with Gasteiger partial charge in [0.1, 0.15) is 0 Å². The molecule has 1 fully saturated rings.